The summed E-state index contributed by atoms with van der Waals surface area (Å²) in [5.74, 6) is 0.452. The van der Waals surface area contributed by atoms with E-state index in [4.69, 9.17) is 9.47 Å². The molecule has 0 N–H and O–H groups in total. The van der Waals surface area contributed by atoms with Crippen LogP contribution in [0, 0.1) is 0 Å². The Balaban J connectivity index is 2.28. The fourth-order valence-corrected chi connectivity index (χ4v) is 2.06. The summed E-state index contributed by atoms with van der Waals surface area (Å²) in [6.45, 7) is 5.22. The van der Waals surface area contributed by atoms with Crippen molar-refractivity contribution in [2.45, 2.75) is 45.1 Å². The van der Waals surface area contributed by atoms with E-state index in [-0.39, 0.29) is 11.2 Å². The third kappa shape index (κ3) is 4.07. The molecular weight excluding hydrogens is 324 g/mol. The monoisotopic (exact) mass is 340 g/mol. The summed E-state index contributed by atoms with van der Waals surface area (Å²) in [5, 5.41) is 0. The van der Waals surface area contributed by atoms with Crippen molar-refractivity contribution in [1.29, 1.82) is 0 Å². The van der Waals surface area contributed by atoms with E-state index in [1.54, 1.807) is 32.9 Å². The van der Waals surface area contributed by atoms with Gasteiger partial charge in [0.2, 0.25) is 5.43 Å². The minimum Gasteiger partial charge on any atom is -0.428 e. The van der Waals surface area contributed by atoms with E-state index < -0.39 is 11.8 Å². The average molecular weight is 341 g/mol. The van der Waals surface area contributed by atoms with Gasteiger partial charge in [0.25, 0.3) is 0 Å². The number of carbonyl (C=O) groups is 1. The molecule has 0 heterocycles. The molecule has 1 aromatic rings. The van der Waals surface area contributed by atoms with Crippen molar-refractivity contribution >= 4 is 22.1 Å². The first kappa shape index (κ1) is 15.0. The number of hydrogen-bond acceptors (Lipinski definition) is 4. The molecule has 5 heteroatoms. The van der Waals surface area contributed by atoms with Crippen LogP contribution < -0.4 is 10.2 Å². The summed E-state index contributed by atoms with van der Waals surface area (Å²) in [4.78, 5) is 23.8. The Hall–Kier alpha value is -1.36. The molecule has 0 unspecified atom stereocenters. The zero-order valence-corrected chi connectivity index (χ0v) is 13.3. The van der Waals surface area contributed by atoms with Gasteiger partial charge >= 0.3 is 6.16 Å². The lowest BCUT2D eigenvalue weighted by Gasteiger charge is -2.18. The molecule has 0 radical (unpaired) electrons. The highest BCUT2D eigenvalue weighted by molar-refractivity contribution is 9.10. The number of carbonyl (C=O) groups excluding carboxylic acids is 1. The second-order valence-corrected chi connectivity index (χ2v) is 6.71. The molecule has 0 aliphatic heterocycles. The zero-order chi connectivity index (χ0) is 14.9. The summed E-state index contributed by atoms with van der Waals surface area (Å²) < 4.78 is 10.5. The quantitative estimate of drug-likeness (QED) is 0.763. The van der Waals surface area contributed by atoms with Crippen molar-refractivity contribution in [3.63, 3.8) is 0 Å². The van der Waals surface area contributed by atoms with Gasteiger partial charge in [-0.2, -0.15) is 0 Å². The van der Waals surface area contributed by atoms with Crippen LogP contribution in [0.25, 0.3) is 0 Å². The van der Waals surface area contributed by atoms with Crippen LogP contribution in [0.2, 0.25) is 0 Å². The molecule has 0 bridgehead atoms. The Labute approximate surface area is 126 Å². The van der Waals surface area contributed by atoms with Gasteiger partial charge in [-0.25, -0.2) is 4.79 Å². The van der Waals surface area contributed by atoms with Crippen molar-refractivity contribution < 1.29 is 14.3 Å². The zero-order valence-electron chi connectivity index (χ0n) is 11.7. The van der Waals surface area contributed by atoms with E-state index in [1.165, 1.54) is 0 Å². The summed E-state index contributed by atoms with van der Waals surface area (Å²) in [6, 6.07) is 5.21. The highest BCUT2D eigenvalue weighted by Gasteiger charge is 2.25. The van der Waals surface area contributed by atoms with Crippen molar-refractivity contribution in [1.82, 2.24) is 0 Å². The van der Waals surface area contributed by atoms with Gasteiger partial charge in [0.15, 0.2) is 5.75 Å². The van der Waals surface area contributed by atoms with Gasteiger partial charge in [0.1, 0.15) is 5.60 Å². The van der Waals surface area contributed by atoms with Gasteiger partial charge < -0.3 is 9.47 Å². The second-order valence-electron chi connectivity index (χ2n) is 5.86. The highest BCUT2D eigenvalue weighted by atomic mass is 79.9. The molecule has 0 atom stereocenters. The summed E-state index contributed by atoms with van der Waals surface area (Å²) in [6.07, 6.45) is 1.33. The van der Waals surface area contributed by atoms with Crippen LogP contribution in [0.5, 0.6) is 5.75 Å². The molecular formula is C15H17BrO4. The molecule has 20 heavy (non-hydrogen) atoms. The van der Waals surface area contributed by atoms with Gasteiger partial charge in [0, 0.05) is 0 Å². The first-order valence-corrected chi connectivity index (χ1v) is 7.30. The van der Waals surface area contributed by atoms with Crippen LogP contribution in [0.15, 0.2) is 27.5 Å². The molecule has 108 valence electrons. The topological polar surface area (TPSA) is 52.6 Å². The van der Waals surface area contributed by atoms with Crippen molar-refractivity contribution in [3.05, 3.63) is 38.5 Å². The van der Waals surface area contributed by atoms with E-state index in [2.05, 4.69) is 15.9 Å². The maximum Gasteiger partial charge on any atom is 0.514 e. The molecule has 1 aromatic carbocycles. The Kier molecular flexibility index (Phi) is 4.18. The second kappa shape index (κ2) is 5.56. The minimum atomic E-state index is -0.866. The molecule has 1 saturated carbocycles. The van der Waals surface area contributed by atoms with E-state index in [1.807, 2.05) is 6.07 Å². The lowest BCUT2D eigenvalue weighted by molar-refractivity contribution is 0.0204. The van der Waals surface area contributed by atoms with Gasteiger partial charge in [-0.05, 0) is 73.2 Å². The summed E-state index contributed by atoms with van der Waals surface area (Å²) in [7, 11) is 0. The average Bonchev–Trinajstić information content (AvgIpc) is 3.12. The smallest absolute Gasteiger partial charge is 0.428 e. The molecule has 4 nitrogen and oxygen atoms in total. The Bertz CT molecular complexity index is 585. The standard InChI is InChI=1S/C15H17BrO4/c1-15(2,3)20-14(18)19-12-8-10(9-4-5-9)6-7-11(16)13(12)17/h6-9H,4-5H2,1-3H3. The molecule has 0 aromatic heterocycles. The SMILES string of the molecule is CC(C)(C)OC(=O)Oc1cc(C2CC2)ccc(Br)c1=O. The lowest BCUT2D eigenvalue weighted by Crippen LogP contribution is -2.27. The fourth-order valence-electron chi connectivity index (χ4n) is 1.73. The third-order valence-corrected chi connectivity index (χ3v) is 3.42. The van der Waals surface area contributed by atoms with Crippen molar-refractivity contribution in [2.24, 2.45) is 0 Å². The summed E-state index contributed by atoms with van der Waals surface area (Å²) >= 11 is 3.19. The van der Waals surface area contributed by atoms with E-state index >= 15 is 0 Å². The number of ether oxygens (including phenoxy) is 2. The number of hydrogen-bond donors (Lipinski definition) is 0. The first-order chi connectivity index (χ1) is 9.26. The van der Waals surface area contributed by atoms with E-state index in [0.29, 0.717) is 10.4 Å². The summed E-state index contributed by atoms with van der Waals surface area (Å²) in [5.41, 5.74) is -0.0117. The molecule has 0 amide bonds. The predicted molar refractivity (Wildman–Crippen MR) is 79.2 cm³/mol. The first-order valence-electron chi connectivity index (χ1n) is 6.51. The van der Waals surface area contributed by atoms with E-state index in [9.17, 15) is 9.59 Å². The number of rotatable bonds is 2. The van der Waals surface area contributed by atoms with Crippen LogP contribution in [0.4, 0.5) is 4.79 Å². The third-order valence-electron chi connectivity index (χ3n) is 2.79. The molecule has 1 fully saturated rings. The van der Waals surface area contributed by atoms with Crippen molar-refractivity contribution in [2.75, 3.05) is 0 Å². The molecule has 1 aliphatic carbocycles. The predicted octanol–water partition coefficient (Wildman–Crippen LogP) is 4.00. The molecule has 2 rings (SSSR count). The largest absolute Gasteiger partial charge is 0.514 e. The highest BCUT2D eigenvalue weighted by Crippen LogP contribution is 2.40. The molecule has 1 aliphatic rings. The van der Waals surface area contributed by atoms with Gasteiger partial charge in [-0.1, -0.05) is 6.07 Å². The van der Waals surface area contributed by atoms with Crippen LogP contribution in [0.3, 0.4) is 0 Å². The van der Waals surface area contributed by atoms with Gasteiger partial charge in [-0.15, -0.1) is 0 Å². The van der Waals surface area contributed by atoms with Crippen LogP contribution in [0.1, 0.15) is 45.1 Å². The van der Waals surface area contributed by atoms with Gasteiger partial charge in [-0.3, -0.25) is 4.79 Å². The Morgan fingerprint density at radius 1 is 1.30 bits per heavy atom. The van der Waals surface area contributed by atoms with Crippen LogP contribution >= 0.6 is 15.9 Å². The molecule has 0 spiro atoms. The molecule has 0 saturated heterocycles. The Morgan fingerprint density at radius 2 is 1.95 bits per heavy atom. The van der Waals surface area contributed by atoms with Crippen LogP contribution in [-0.2, 0) is 4.74 Å². The van der Waals surface area contributed by atoms with Crippen LogP contribution in [-0.4, -0.2) is 11.8 Å². The maximum absolute atomic E-state index is 12.1. The van der Waals surface area contributed by atoms with Crippen molar-refractivity contribution in [3.8, 4) is 5.75 Å². The maximum atomic E-state index is 12.1. The van der Waals surface area contributed by atoms with E-state index in [0.717, 1.165) is 18.4 Å². The van der Waals surface area contributed by atoms with Gasteiger partial charge in [0.05, 0.1) is 4.47 Å². The number of halogens is 1. The lowest BCUT2D eigenvalue weighted by atomic mass is 10.2. The fraction of sp³-hybridized carbons (Fsp3) is 0.467. The Morgan fingerprint density at radius 3 is 2.50 bits per heavy atom. The normalized spacial score (nSPS) is 14.8. The minimum absolute atomic E-state index is 0.00183.